The van der Waals surface area contributed by atoms with Gasteiger partial charge in [-0.2, -0.15) is 0 Å². The van der Waals surface area contributed by atoms with E-state index < -0.39 is 0 Å². The summed E-state index contributed by atoms with van der Waals surface area (Å²) < 4.78 is 8.72. The lowest BCUT2D eigenvalue weighted by Crippen LogP contribution is -2.61. The molecule has 0 radical (unpaired) electrons. The van der Waals surface area contributed by atoms with Crippen molar-refractivity contribution in [3.63, 3.8) is 0 Å². The molecule has 11 rings (SSSR count). The zero-order chi connectivity index (χ0) is 46.2. The molecular weight excluding hydrogens is 820 g/mol. The molecule has 0 amide bonds. The van der Waals surface area contributed by atoms with Gasteiger partial charge in [0.15, 0.2) is 0 Å². The molecule has 0 spiro atoms. The number of aryl methyl sites for hydroxylation is 3. The van der Waals surface area contributed by atoms with Gasteiger partial charge in [0.05, 0.1) is 22.7 Å². The first kappa shape index (κ1) is 42.3. The molecule has 0 aliphatic carbocycles. The molecule has 0 saturated carbocycles. The number of furan rings is 1. The zero-order valence-electron chi connectivity index (χ0n) is 40.6. The molecule has 2 aliphatic rings. The summed E-state index contributed by atoms with van der Waals surface area (Å²) in [5.41, 5.74) is 22.8. The van der Waals surface area contributed by atoms with Crippen LogP contribution in [0, 0.1) is 20.8 Å². The highest BCUT2D eigenvalue weighted by Gasteiger charge is 2.48. The highest BCUT2D eigenvalue weighted by atomic mass is 32.1. The van der Waals surface area contributed by atoms with Gasteiger partial charge in [-0.1, -0.05) is 153 Å². The minimum Gasteiger partial charge on any atom is -0.468 e. The Morgan fingerprint density at radius 2 is 1.11 bits per heavy atom. The Hall–Kier alpha value is -6.30. The van der Waals surface area contributed by atoms with E-state index in [0.29, 0.717) is 0 Å². The van der Waals surface area contributed by atoms with Gasteiger partial charge in [0, 0.05) is 37.6 Å². The molecule has 0 unspecified atom stereocenters. The first-order valence-corrected chi connectivity index (χ1v) is 24.4. The minimum atomic E-state index is -0.169. The molecule has 2 aliphatic heterocycles. The van der Waals surface area contributed by atoms with Crippen LogP contribution in [0.15, 0.2) is 144 Å². The summed E-state index contributed by atoms with van der Waals surface area (Å²) in [6, 6.07) is 52.9. The molecule has 328 valence electrons. The van der Waals surface area contributed by atoms with Gasteiger partial charge in [-0.25, -0.2) is 0 Å². The van der Waals surface area contributed by atoms with Crippen molar-refractivity contribution in [3.05, 3.63) is 173 Å². The van der Waals surface area contributed by atoms with Gasteiger partial charge in [0.2, 0.25) is 0 Å². The van der Waals surface area contributed by atoms with Gasteiger partial charge in [-0.05, 0) is 146 Å². The Kier molecular flexibility index (Phi) is 9.53. The van der Waals surface area contributed by atoms with Gasteiger partial charge >= 0.3 is 0 Å². The molecule has 0 atom stereocenters. The van der Waals surface area contributed by atoms with Crippen LogP contribution in [0.2, 0.25) is 0 Å². The number of fused-ring (bicyclic) bond motifs is 7. The van der Waals surface area contributed by atoms with E-state index in [4.69, 9.17) is 4.42 Å². The number of thiophene rings is 1. The van der Waals surface area contributed by atoms with Gasteiger partial charge in [0.1, 0.15) is 5.58 Å². The smallest absolute Gasteiger partial charge is 0.297 e. The highest BCUT2D eigenvalue weighted by molar-refractivity contribution is 7.22. The number of benzene rings is 7. The van der Waals surface area contributed by atoms with Crippen LogP contribution in [0.25, 0.3) is 42.6 Å². The van der Waals surface area contributed by atoms with Crippen molar-refractivity contribution < 1.29 is 4.42 Å². The average molecular weight is 879 g/mol. The summed E-state index contributed by atoms with van der Waals surface area (Å²) in [4.78, 5) is 6.44. The molecule has 66 heavy (non-hydrogen) atoms. The van der Waals surface area contributed by atoms with E-state index in [1.165, 1.54) is 104 Å². The van der Waals surface area contributed by atoms with Crippen molar-refractivity contribution in [1.82, 2.24) is 0 Å². The molecule has 4 heterocycles. The minimum absolute atomic E-state index is 0.00918. The molecule has 9 aromatic rings. The van der Waals surface area contributed by atoms with Crippen LogP contribution in [0.5, 0.6) is 0 Å². The van der Waals surface area contributed by atoms with Crippen LogP contribution in [-0.4, -0.2) is 6.71 Å². The summed E-state index contributed by atoms with van der Waals surface area (Å²) in [5, 5.41) is 2.43. The Labute approximate surface area is 395 Å². The maximum atomic E-state index is 7.42. The summed E-state index contributed by atoms with van der Waals surface area (Å²) in [6.45, 7) is 27.6. The molecule has 7 aromatic carbocycles. The van der Waals surface area contributed by atoms with E-state index in [1.54, 1.807) is 0 Å². The fourth-order valence-corrected chi connectivity index (χ4v) is 11.8. The third kappa shape index (κ3) is 6.68. The molecule has 2 aromatic heterocycles. The first-order valence-electron chi connectivity index (χ1n) is 23.6. The van der Waals surface area contributed by atoms with Crippen molar-refractivity contribution in [1.29, 1.82) is 0 Å². The molecule has 0 fully saturated rings. The largest absolute Gasteiger partial charge is 0.468 e. The second-order valence-corrected chi connectivity index (χ2v) is 23.1. The van der Waals surface area contributed by atoms with E-state index in [1.807, 2.05) is 11.3 Å². The van der Waals surface area contributed by atoms with E-state index in [9.17, 15) is 0 Å². The van der Waals surface area contributed by atoms with E-state index in [2.05, 4.69) is 232 Å². The van der Waals surface area contributed by atoms with Crippen molar-refractivity contribution >= 4 is 89.8 Å². The quantitative estimate of drug-likeness (QED) is 0.164. The van der Waals surface area contributed by atoms with Gasteiger partial charge in [-0.3, -0.25) is 0 Å². The second-order valence-electron chi connectivity index (χ2n) is 22.0. The average Bonchev–Trinajstić information content (AvgIpc) is 3.88. The van der Waals surface area contributed by atoms with Crippen LogP contribution in [0.3, 0.4) is 0 Å². The Bertz CT molecular complexity index is 3370. The van der Waals surface area contributed by atoms with Crippen LogP contribution in [0.4, 0.5) is 34.1 Å². The molecule has 3 nitrogen and oxygen atoms in total. The monoisotopic (exact) mass is 878 g/mol. The lowest BCUT2D eigenvalue weighted by atomic mass is 9.35. The van der Waals surface area contributed by atoms with Crippen molar-refractivity contribution in [2.45, 2.75) is 99.3 Å². The normalized spacial score (nSPS) is 13.7. The number of hydrogen-bond acceptors (Lipinski definition) is 4. The number of rotatable bonds is 4. The first-order chi connectivity index (χ1) is 31.4. The van der Waals surface area contributed by atoms with Gasteiger partial charge < -0.3 is 14.2 Å². The maximum Gasteiger partial charge on any atom is 0.297 e. The second kappa shape index (κ2) is 14.9. The summed E-state index contributed by atoms with van der Waals surface area (Å²) in [7, 11) is 0. The van der Waals surface area contributed by atoms with Crippen molar-refractivity contribution in [2.75, 3.05) is 9.80 Å². The molecule has 5 heteroatoms. The molecule has 0 bridgehead atoms. The highest BCUT2D eigenvalue weighted by Crippen LogP contribution is 2.52. The third-order valence-corrected chi connectivity index (χ3v) is 15.4. The number of nitrogens with zero attached hydrogens (tertiary/aromatic N) is 2. The van der Waals surface area contributed by atoms with Crippen LogP contribution < -0.4 is 26.4 Å². The summed E-state index contributed by atoms with van der Waals surface area (Å²) >= 11 is 1.87. The molecular formula is C61H59BN2OS. The Morgan fingerprint density at radius 3 is 1.77 bits per heavy atom. The lowest BCUT2D eigenvalue weighted by molar-refractivity contribution is 0.589. The van der Waals surface area contributed by atoms with E-state index in [0.717, 1.165) is 22.3 Å². The third-order valence-electron chi connectivity index (χ3n) is 14.2. The van der Waals surface area contributed by atoms with Crippen molar-refractivity contribution in [2.24, 2.45) is 0 Å². The standard InChI is InChI=1S/C61H59BN2OS/c1-36-29-43(60(7,8)9)30-37(2)55(36)64-50-23-18-22-49-54(50)62(58-57(64)46-34-42(59(4,5)6)26-28-51(46)65-58)47-32-41(53-33-40-21-16-17-24-52(40)66-53)25-27-48(47)63(49)56-38(3)31-44(61(10,11)12)35-45(56)39-19-14-13-15-20-39/h13-35H,1-12H3. The van der Waals surface area contributed by atoms with Crippen molar-refractivity contribution in [3.8, 4) is 21.6 Å². The SMILES string of the molecule is Cc1cc(C(C)(C)C)cc(C)c1N1c2cccc3c2B(c2cc(-c4cc5ccccc5s4)ccc2N3c2c(C)cc(C(C)(C)C)cc2-c2ccccc2)c2oc3ccc(C(C)(C)C)cc3c21. The summed E-state index contributed by atoms with van der Waals surface area (Å²) in [5.74, 6) is 0. The zero-order valence-corrected chi connectivity index (χ0v) is 41.4. The molecule has 0 N–H and O–H groups in total. The predicted octanol–water partition coefficient (Wildman–Crippen LogP) is 15.9. The van der Waals surface area contributed by atoms with Crippen LogP contribution in [0.1, 0.15) is 95.7 Å². The number of anilines is 6. The Morgan fingerprint density at radius 1 is 0.485 bits per heavy atom. The van der Waals surface area contributed by atoms with Gasteiger partial charge in [0.25, 0.3) is 6.71 Å². The summed E-state index contributed by atoms with van der Waals surface area (Å²) in [6.07, 6.45) is 0. The number of hydrogen-bond donors (Lipinski definition) is 0. The fraction of sp³-hybridized carbons (Fsp3) is 0.246. The van der Waals surface area contributed by atoms with E-state index in [-0.39, 0.29) is 23.0 Å². The van der Waals surface area contributed by atoms with Crippen LogP contribution in [-0.2, 0) is 16.2 Å². The molecule has 0 saturated heterocycles. The maximum absolute atomic E-state index is 7.42. The van der Waals surface area contributed by atoms with Gasteiger partial charge in [-0.15, -0.1) is 11.3 Å². The topological polar surface area (TPSA) is 19.6 Å². The Balaban J connectivity index is 1.27. The van der Waals surface area contributed by atoms with E-state index >= 15 is 0 Å². The predicted molar refractivity (Wildman–Crippen MR) is 287 cm³/mol. The van der Waals surface area contributed by atoms with Crippen LogP contribution >= 0.6 is 11.3 Å². The lowest BCUT2D eigenvalue weighted by Gasteiger charge is -2.44. The fourth-order valence-electron chi connectivity index (χ4n) is 10.7.